The van der Waals surface area contributed by atoms with Crippen LogP contribution in [0.1, 0.15) is 15.2 Å². The maximum atomic E-state index is 12.0. The lowest BCUT2D eigenvalue weighted by Crippen LogP contribution is -2.44. The van der Waals surface area contributed by atoms with Crippen LogP contribution in [0.4, 0.5) is 0 Å². The van der Waals surface area contributed by atoms with Gasteiger partial charge in [-0.2, -0.15) is 0 Å². The number of Topliss-reactive ketones (excluding diaryl/α,β-unsaturated/α-hetero) is 1. The van der Waals surface area contributed by atoms with E-state index >= 15 is 0 Å². The summed E-state index contributed by atoms with van der Waals surface area (Å²) in [5.74, 6) is -0.490. The average Bonchev–Trinajstić information content (AvgIpc) is 2.83. The molecular formula is C12H11NO2S. The number of rotatable bonds is 3. The summed E-state index contributed by atoms with van der Waals surface area (Å²) in [5, 5.41) is 11.8. The zero-order valence-electron chi connectivity index (χ0n) is 8.46. The molecule has 1 aromatic heterocycles. The van der Waals surface area contributed by atoms with Gasteiger partial charge in [0.2, 0.25) is 11.5 Å². The third-order valence-electron chi connectivity index (χ3n) is 2.28. The van der Waals surface area contributed by atoms with Gasteiger partial charge in [0.25, 0.3) is 0 Å². The van der Waals surface area contributed by atoms with Crippen LogP contribution in [0.2, 0.25) is 0 Å². The van der Waals surface area contributed by atoms with Gasteiger partial charge in [0.1, 0.15) is 0 Å². The number of thiophene rings is 1. The molecule has 0 saturated heterocycles. The topological polar surface area (TPSA) is 63.3 Å². The Hall–Kier alpha value is -1.49. The summed E-state index contributed by atoms with van der Waals surface area (Å²) in [7, 11) is 0. The molecule has 0 radical (unpaired) electrons. The van der Waals surface area contributed by atoms with Crippen molar-refractivity contribution in [3.05, 3.63) is 58.3 Å². The Labute approximate surface area is 97.2 Å². The molecule has 0 aliphatic carbocycles. The molecule has 4 heteroatoms. The van der Waals surface area contributed by atoms with E-state index in [1.165, 1.54) is 11.3 Å². The zero-order valence-corrected chi connectivity index (χ0v) is 9.28. The smallest absolute Gasteiger partial charge is 0.214 e. The van der Waals surface area contributed by atoms with Gasteiger partial charge in [-0.1, -0.05) is 36.4 Å². The highest BCUT2D eigenvalue weighted by atomic mass is 32.1. The first-order valence-electron chi connectivity index (χ1n) is 4.77. The Bertz CT molecular complexity index is 477. The van der Waals surface area contributed by atoms with E-state index in [1.807, 2.05) is 0 Å². The number of carbonyl (C=O) groups is 1. The van der Waals surface area contributed by atoms with Crippen LogP contribution in [0.15, 0.2) is 47.8 Å². The van der Waals surface area contributed by atoms with E-state index in [2.05, 4.69) is 0 Å². The largest absolute Gasteiger partial charge is 0.365 e. The minimum Gasteiger partial charge on any atom is -0.365 e. The van der Waals surface area contributed by atoms with Gasteiger partial charge in [0.15, 0.2) is 0 Å². The molecule has 16 heavy (non-hydrogen) atoms. The van der Waals surface area contributed by atoms with Gasteiger partial charge in [0.05, 0.1) is 4.88 Å². The molecule has 0 fully saturated rings. The Morgan fingerprint density at radius 2 is 1.88 bits per heavy atom. The Morgan fingerprint density at radius 1 is 1.19 bits per heavy atom. The molecule has 82 valence electrons. The first-order chi connectivity index (χ1) is 7.62. The molecule has 2 aromatic rings. The van der Waals surface area contributed by atoms with E-state index in [4.69, 9.17) is 5.73 Å². The average molecular weight is 233 g/mol. The van der Waals surface area contributed by atoms with Gasteiger partial charge in [-0.05, 0) is 11.4 Å². The van der Waals surface area contributed by atoms with Crippen molar-refractivity contribution >= 4 is 17.1 Å². The number of aliphatic hydroxyl groups is 1. The number of hydrogen-bond acceptors (Lipinski definition) is 4. The van der Waals surface area contributed by atoms with Crippen LogP contribution in [-0.4, -0.2) is 10.9 Å². The molecule has 1 atom stereocenters. The maximum Gasteiger partial charge on any atom is 0.214 e. The summed E-state index contributed by atoms with van der Waals surface area (Å²) >= 11 is 1.26. The summed E-state index contributed by atoms with van der Waals surface area (Å²) in [6.07, 6.45) is 0. The van der Waals surface area contributed by atoms with Gasteiger partial charge >= 0.3 is 0 Å². The number of ketones is 1. The van der Waals surface area contributed by atoms with Gasteiger partial charge in [-0.15, -0.1) is 11.3 Å². The third-order valence-corrected chi connectivity index (χ3v) is 3.27. The fraction of sp³-hybridized carbons (Fsp3) is 0.0833. The van der Waals surface area contributed by atoms with E-state index in [0.717, 1.165) is 0 Å². The summed E-state index contributed by atoms with van der Waals surface area (Å²) < 4.78 is 0. The lowest BCUT2D eigenvalue weighted by Gasteiger charge is -2.19. The van der Waals surface area contributed by atoms with Crippen LogP contribution in [-0.2, 0) is 5.72 Å². The van der Waals surface area contributed by atoms with E-state index in [-0.39, 0.29) is 0 Å². The quantitative estimate of drug-likeness (QED) is 0.627. The molecule has 3 nitrogen and oxygen atoms in total. The Morgan fingerprint density at radius 3 is 2.44 bits per heavy atom. The molecule has 0 aliphatic rings. The van der Waals surface area contributed by atoms with Crippen LogP contribution in [0, 0.1) is 0 Å². The van der Waals surface area contributed by atoms with E-state index in [9.17, 15) is 9.90 Å². The molecule has 1 aromatic carbocycles. The standard InChI is InChI=1S/C12H11NO2S/c13-12(15,10-7-4-8-16-10)11(14)9-5-2-1-3-6-9/h1-8,15H,13H2. The number of benzene rings is 1. The molecule has 3 N–H and O–H groups in total. The summed E-state index contributed by atoms with van der Waals surface area (Å²) in [5.41, 5.74) is 4.14. The van der Waals surface area contributed by atoms with Crippen LogP contribution in [0.25, 0.3) is 0 Å². The molecule has 0 aliphatic heterocycles. The summed E-state index contributed by atoms with van der Waals surface area (Å²) in [6, 6.07) is 11.9. The lowest BCUT2D eigenvalue weighted by atomic mass is 10.0. The predicted octanol–water partition coefficient (Wildman–Crippen LogP) is 1.73. The Balaban J connectivity index is 2.36. The minimum atomic E-state index is -1.93. The first-order valence-corrected chi connectivity index (χ1v) is 5.65. The molecule has 0 saturated carbocycles. The van der Waals surface area contributed by atoms with Crippen LogP contribution < -0.4 is 5.73 Å². The van der Waals surface area contributed by atoms with Gasteiger partial charge in [0, 0.05) is 5.56 Å². The third kappa shape index (κ3) is 1.90. The first kappa shape index (κ1) is 11.0. The lowest BCUT2D eigenvalue weighted by molar-refractivity contribution is 0.0348. The van der Waals surface area contributed by atoms with Crippen LogP contribution in [0.5, 0.6) is 0 Å². The van der Waals surface area contributed by atoms with Crippen molar-refractivity contribution in [3.8, 4) is 0 Å². The minimum absolute atomic E-state index is 0.404. The van der Waals surface area contributed by atoms with Crippen molar-refractivity contribution in [3.63, 3.8) is 0 Å². The van der Waals surface area contributed by atoms with Crippen molar-refractivity contribution in [1.29, 1.82) is 0 Å². The van der Waals surface area contributed by atoms with E-state index in [1.54, 1.807) is 47.8 Å². The Kier molecular flexibility index (Phi) is 2.87. The number of carbonyl (C=O) groups excluding carboxylic acids is 1. The van der Waals surface area contributed by atoms with Crippen molar-refractivity contribution < 1.29 is 9.90 Å². The molecule has 0 spiro atoms. The molecule has 1 unspecified atom stereocenters. The van der Waals surface area contributed by atoms with Crippen molar-refractivity contribution in [2.75, 3.05) is 0 Å². The molecule has 0 amide bonds. The summed E-state index contributed by atoms with van der Waals surface area (Å²) in [4.78, 5) is 12.4. The highest BCUT2D eigenvalue weighted by molar-refractivity contribution is 7.10. The van der Waals surface area contributed by atoms with Crippen molar-refractivity contribution in [2.45, 2.75) is 5.72 Å². The van der Waals surface area contributed by atoms with Crippen molar-refractivity contribution in [2.24, 2.45) is 5.73 Å². The SMILES string of the molecule is NC(O)(C(=O)c1ccccc1)c1cccs1. The highest BCUT2D eigenvalue weighted by Crippen LogP contribution is 2.24. The number of hydrogen-bond donors (Lipinski definition) is 2. The van der Waals surface area contributed by atoms with Crippen LogP contribution in [0.3, 0.4) is 0 Å². The molecule has 0 bridgehead atoms. The van der Waals surface area contributed by atoms with E-state index < -0.39 is 11.5 Å². The fourth-order valence-electron chi connectivity index (χ4n) is 1.42. The monoisotopic (exact) mass is 233 g/mol. The second-order valence-electron chi connectivity index (χ2n) is 3.44. The van der Waals surface area contributed by atoms with E-state index in [0.29, 0.717) is 10.4 Å². The second kappa shape index (κ2) is 4.17. The second-order valence-corrected chi connectivity index (χ2v) is 4.39. The zero-order chi connectivity index (χ0) is 11.6. The molecule has 1 heterocycles. The van der Waals surface area contributed by atoms with Gasteiger partial charge in [-0.25, -0.2) is 0 Å². The van der Waals surface area contributed by atoms with Gasteiger partial charge < -0.3 is 5.11 Å². The fourth-order valence-corrected chi connectivity index (χ4v) is 2.15. The maximum absolute atomic E-state index is 12.0. The normalized spacial score (nSPS) is 14.4. The van der Waals surface area contributed by atoms with Crippen LogP contribution >= 0.6 is 11.3 Å². The molecule has 2 rings (SSSR count). The highest BCUT2D eigenvalue weighted by Gasteiger charge is 2.34. The summed E-state index contributed by atoms with van der Waals surface area (Å²) in [6.45, 7) is 0. The predicted molar refractivity (Wildman–Crippen MR) is 63.2 cm³/mol. The number of nitrogens with two attached hydrogens (primary N) is 1. The molecular weight excluding hydrogens is 222 g/mol. The van der Waals surface area contributed by atoms with Gasteiger partial charge in [-0.3, -0.25) is 10.5 Å². The van der Waals surface area contributed by atoms with Crippen molar-refractivity contribution in [1.82, 2.24) is 0 Å².